The summed E-state index contributed by atoms with van der Waals surface area (Å²) in [5.41, 5.74) is 1.13. The van der Waals surface area contributed by atoms with E-state index in [-0.39, 0.29) is 18.1 Å². The molecule has 0 aromatic heterocycles. The molecule has 0 spiro atoms. The van der Waals surface area contributed by atoms with Gasteiger partial charge in [-0.1, -0.05) is 30.3 Å². The van der Waals surface area contributed by atoms with Crippen LogP contribution in [-0.4, -0.2) is 38.4 Å². The van der Waals surface area contributed by atoms with Crippen LogP contribution in [0.25, 0.3) is 0 Å². The van der Waals surface area contributed by atoms with Crippen molar-refractivity contribution in [2.45, 2.75) is 24.5 Å². The maximum Gasteiger partial charge on any atom is 0.312 e. The predicted octanol–water partition coefficient (Wildman–Crippen LogP) is 1.52. The van der Waals surface area contributed by atoms with Gasteiger partial charge in [-0.2, -0.15) is 0 Å². The van der Waals surface area contributed by atoms with Gasteiger partial charge in [-0.25, -0.2) is 0 Å². The first-order chi connectivity index (χ1) is 10.2. The molecule has 0 radical (unpaired) electrons. The highest BCUT2D eigenvalue weighted by Gasteiger charge is 2.60. The van der Waals surface area contributed by atoms with E-state index in [1.807, 2.05) is 30.3 Å². The number of ether oxygens (including phenoxy) is 3. The van der Waals surface area contributed by atoms with Crippen molar-refractivity contribution in [1.29, 1.82) is 0 Å². The number of hydrogen-bond acceptors (Lipinski definition) is 5. The molecule has 0 amide bonds. The third-order valence-electron chi connectivity index (χ3n) is 4.53. The molecule has 2 saturated heterocycles. The fourth-order valence-electron chi connectivity index (χ4n) is 3.62. The molecule has 2 heterocycles. The van der Waals surface area contributed by atoms with Crippen molar-refractivity contribution in [3.05, 3.63) is 35.9 Å². The zero-order valence-corrected chi connectivity index (χ0v) is 12.0. The quantitative estimate of drug-likeness (QED) is 0.790. The molecule has 1 aromatic carbocycles. The van der Waals surface area contributed by atoms with E-state index in [0.717, 1.165) is 12.0 Å². The Kier molecular flexibility index (Phi) is 3.68. The largest absolute Gasteiger partial charge is 0.469 e. The summed E-state index contributed by atoms with van der Waals surface area (Å²) < 4.78 is 15.6. The number of fused-ring (bicyclic) bond motifs is 2. The Labute approximate surface area is 123 Å². The van der Waals surface area contributed by atoms with Crippen LogP contribution in [0.4, 0.5) is 0 Å². The summed E-state index contributed by atoms with van der Waals surface area (Å²) in [7, 11) is 2.66. The van der Waals surface area contributed by atoms with Gasteiger partial charge < -0.3 is 14.2 Å². The highest BCUT2D eigenvalue weighted by atomic mass is 16.6. The van der Waals surface area contributed by atoms with Crippen molar-refractivity contribution in [1.82, 2.24) is 0 Å². The lowest BCUT2D eigenvalue weighted by atomic mass is 9.72. The third kappa shape index (κ3) is 2.21. The normalized spacial score (nSPS) is 33.7. The summed E-state index contributed by atoms with van der Waals surface area (Å²) in [6.45, 7) is 0. The third-order valence-corrected chi connectivity index (χ3v) is 4.53. The number of esters is 2. The molecular formula is C16H18O5. The van der Waals surface area contributed by atoms with E-state index in [4.69, 9.17) is 14.2 Å². The van der Waals surface area contributed by atoms with E-state index in [0.29, 0.717) is 0 Å². The van der Waals surface area contributed by atoms with Crippen molar-refractivity contribution in [2.24, 2.45) is 11.8 Å². The van der Waals surface area contributed by atoms with Crippen molar-refractivity contribution < 1.29 is 23.8 Å². The Hall–Kier alpha value is -1.88. The van der Waals surface area contributed by atoms with Gasteiger partial charge in [0.2, 0.25) is 0 Å². The molecule has 5 nitrogen and oxygen atoms in total. The van der Waals surface area contributed by atoms with Gasteiger partial charge in [-0.05, 0) is 12.0 Å². The lowest BCUT2D eigenvalue weighted by Gasteiger charge is -2.29. The predicted molar refractivity (Wildman–Crippen MR) is 73.5 cm³/mol. The van der Waals surface area contributed by atoms with Gasteiger partial charge >= 0.3 is 11.9 Å². The van der Waals surface area contributed by atoms with E-state index in [2.05, 4.69) is 0 Å². The van der Waals surface area contributed by atoms with E-state index in [9.17, 15) is 9.59 Å². The van der Waals surface area contributed by atoms with Crippen LogP contribution in [-0.2, 0) is 23.8 Å². The van der Waals surface area contributed by atoms with Gasteiger partial charge in [0.25, 0.3) is 0 Å². The summed E-state index contributed by atoms with van der Waals surface area (Å²) in [5, 5.41) is 0. The van der Waals surface area contributed by atoms with Crippen molar-refractivity contribution >= 4 is 11.9 Å². The highest BCUT2D eigenvalue weighted by Crippen LogP contribution is 2.51. The lowest BCUT2D eigenvalue weighted by molar-refractivity contribution is -0.158. The summed E-state index contributed by atoms with van der Waals surface area (Å²) in [6.07, 6.45) is 0.118. The minimum atomic E-state index is -0.591. The second kappa shape index (κ2) is 5.48. The standard InChI is InChI=1S/C16H18O5/c1-19-15(17)12-11-8-10(9-6-4-3-5-7-9)14(21-11)13(12)16(18)20-2/h3-7,10-14H,8H2,1-2H3/t10-,11-,12+,13+,14+/m0/s1. The van der Waals surface area contributed by atoms with Gasteiger partial charge in [0.1, 0.15) is 0 Å². The number of rotatable bonds is 3. The van der Waals surface area contributed by atoms with Crippen LogP contribution >= 0.6 is 0 Å². The molecule has 2 aliphatic heterocycles. The van der Waals surface area contributed by atoms with Crippen LogP contribution < -0.4 is 0 Å². The summed E-state index contributed by atoms with van der Waals surface area (Å²) >= 11 is 0. The summed E-state index contributed by atoms with van der Waals surface area (Å²) in [5.74, 6) is -1.84. The van der Waals surface area contributed by atoms with Crippen LogP contribution in [0.2, 0.25) is 0 Å². The molecule has 0 aliphatic carbocycles. The monoisotopic (exact) mass is 290 g/mol. The topological polar surface area (TPSA) is 61.8 Å². The average Bonchev–Trinajstić information content (AvgIpc) is 3.12. The molecule has 0 N–H and O–H groups in total. The first-order valence-corrected chi connectivity index (χ1v) is 7.03. The van der Waals surface area contributed by atoms with E-state index in [1.165, 1.54) is 14.2 Å². The average molecular weight is 290 g/mol. The Morgan fingerprint density at radius 1 is 1.05 bits per heavy atom. The Morgan fingerprint density at radius 2 is 1.67 bits per heavy atom. The van der Waals surface area contributed by atoms with E-state index >= 15 is 0 Å². The molecule has 0 unspecified atom stereocenters. The summed E-state index contributed by atoms with van der Waals surface area (Å²) in [4.78, 5) is 24.1. The fraction of sp³-hybridized carbons (Fsp3) is 0.500. The molecule has 3 rings (SSSR count). The molecule has 2 fully saturated rings. The SMILES string of the molecule is COC(=O)[C@H]1[C@@H]2O[C@@H](C[C@H]2c2ccccc2)[C@H]1C(=O)OC. The van der Waals surface area contributed by atoms with Crippen LogP contribution in [0.15, 0.2) is 30.3 Å². The van der Waals surface area contributed by atoms with Crippen LogP contribution in [0.5, 0.6) is 0 Å². The maximum absolute atomic E-state index is 12.1. The van der Waals surface area contributed by atoms with Crippen molar-refractivity contribution in [3.63, 3.8) is 0 Å². The van der Waals surface area contributed by atoms with Crippen LogP contribution in [0.1, 0.15) is 17.9 Å². The molecule has 2 bridgehead atoms. The Morgan fingerprint density at radius 3 is 2.29 bits per heavy atom. The molecule has 5 heteroatoms. The second-order valence-corrected chi connectivity index (χ2v) is 5.49. The molecule has 112 valence electrons. The lowest BCUT2D eigenvalue weighted by Crippen LogP contribution is -2.42. The number of carbonyl (C=O) groups excluding carboxylic acids is 2. The van der Waals surface area contributed by atoms with Gasteiger partial charge in [0, 0.05) is 5.92 Å². The first-order valence-electron chi connectivity index (χ1n) is 7.03. The van der Waals surface area contributed by atoms with Crippen LogP contribution in [0, 0.1) is 11.8 Å². The molecule has 1 aromatic rings. The van der Waals surface area contributed by atoms with Gasteiger partial charge in [-0.3, -0.25) is 9.59 Å². The van der Waals surface area contributed by atoms with E-state index in [1.54, 1.807) is 0 Å². The van der Waals surface area contributed by atoms with Gasteiger partial charge in [0.15, 0.2) is 0 Å². The first kappa shape index (κ1) is 14.1. The smallest absolute Gasteiger partial charge is 0.312 e. The fourth-order valence-corrected chi connectivity index (χ4v) is 3.62. The second-order valence-electron chi connectivity index (χ2n) is 5.49. The van der Waals surface area contributed by atoms with Gasteiger partial charge in [0.05, 0.1) is 38.3 Å². The Bertz CT molecular complexity index is 541. The Balaban J connectivity index is 1.90. The van der Waals surface area contributed by atoms with Crippen LogP contribution in [0.3, 0.4) is 0 Å². The molecule has 2 aliphatic rings. The molecular weight excluding hydrogens is 272 g/mol. The number of benzene rings is 1. The molecule has 5 atom stereocenters. The summed E-state index contributed by atoms with van der Waals surface area (Å²) in [6, 6.07) is 9.93. The number of hydrogen-bond donors (Lipinski definition) is 0. The van der Waals surface area contributed by atoms with E-state index < -0.39 is 23.8 Å². The van der Waals surface area contributed by atoms with Gasteiger partial charge in [-0.15, -0.1) is 0 Å². The number of carbonyl (C=O) groups is 2. The van der Waals surface area contributed by atoms with Crippen molar-refractivity contribution in [3.8, 4) is 0 Å². The zero-order chi connectivity index (χ0) is 15.0. The minimum Gasteiger partial charge on any atom is -0.469 e. The highest BCUT2D eigenvalue weighted by molar-refractivity contribution is 5.84. The maximum atomic E-state index is 12.1. The molecule has 21 heavy (non-hydrogen) atoms. The number of methoxy groups -OCH3 is 2. The molecule has 0 saturated carbocycles. The van der Waals surface area contributed by atoms with Crippen molar-refractivity contribution in [2.75, 3.05) is 14.2 Å². The zero-order valence-electron chi connectivity index (χ0n) is 12.0. The minimum absolute atomic E-state index is 0.112.